The third kappa shape index (κ3) is 10.5. The smallest absolute Gasteiger partial charge is 0.407 e. The summed E-state index contributed by atoms with van der Waals surface area (Å²) < 4.78 is 24.7. The topological polar surface area (TPSA) is 237 Å². The largest absolute Gasteiger partial charge is 0.453 e. The summed E-state index contributed by atoms with van der Waals surface area (Å²) in [6, 6.07) is 25.8. The molecular formula is C55H68N9O9P. The number of hydrogen-bond donors (Lipinski definition) is 6. The minimum atomic E-state index is -4.52. The highest BCUT2D eigenvalue weighted by molar-refractivity contribution is 7.53. The van der Waals surface area contributed by atoms with Crippen LogP contribution in [-0.2, 0) is 28.8 Å². The van der Waals surface area contributed by atoms with Crippen molar-refractivity contribution in [3.05, 3.63) is 115 Å². The van der Waals surface area contributed by atoms with Crippen LogP contribution in [0.3, 0.4) is 0 Å². The van der Waals surface area contributed by atoms with Crippen LogP contribution < -0.4 is 10.6 Å². The molecule has 5 heterocycles. The summed E-state index contributed by atoms with van der Waals surface area (Å²) in [4.78, 5) is 92.9. The van der Waals surface area contributed by atoms with Gasteiger partial charge in [-0.2, -0.15) is 0 Å². The van der Waals surface area contributed by atoms with Gasteiger partial charge in [0.1, 0.15) is 23.7 Å². The molecule has 6 N–H and O–H groups in total. The number of aromatic amines is 2. The van der Waals surface area contributed by atoms with Crippen LogP contribution in [0, 0.1) is 11.8 Å². The number of nitrogens with one attached hydrogen (secondary N) is 4. The molecule has 8 rings (SSSR count). The molecule has 0 bridgehead atoms. The summed E-state index contributed by atoms with van der Waals surface area (Å²) in [6.45, 7) is 12.2. The van der Waals surface area contributed by atoms with E-state index in [2.05, 4.69) is 37.3 Å². The minimum absolute atomic E-state index is 0.151. The average Bonchev–Trinajstić information content (AvgIpc) is 4.27. The van der Waals surface area contributed by atoms with Gasteiger partial charge in [-0.25, -0.2) is 19.6 Å². The van der Waals surface area contributed by atoms with Gasteiger partial charge >= 0.3 is 19.8 Å². The first-order valence-electron chi connectivity index (χ1n) is 25.4. The van der Waals surface area contributed by atoms with Crippen molar-refractivity contribution >= 4 is 31.6 Å². The number of carbonyl (C=O) groups is 4. The first kappa shape index (κ1) is 53.3. The van der Waals surface area contributed by atoms with Crippen molar-refractivity contribution in [1.82, 2.24) is 44.9 Å². The molecule has 2 saturated heterocycles. The maximum atomic E-state index is 13.8. The zero-order valence-corrected chi connectivity index (χ0v) is 44.2. The van der Waals surface area contributed by atoms with Crippen LogP contribution in [0.5, 0.6) is 0 Å². The lowest BCUT2D eigenvalue weighted by molar-refractivity contribution is -0.136. The van der Waals surface area contributed by atoms with E-state index in [1.807, 2.05) is 100 Å². The molecule has 0 aliphatic carbocycles. The van der Waals surface area contributed by atoms with E-state index in [0.717, 1.165) is 76.4 Å². The Bertz CT molecular complexity index is 2830. The summed E-state index contributed by atoms with van der Waals surface area (Å²) >= 11 is 0. The Labute approximate surface area is 431 Å². The number of rotatable bonds is 17. The van der Waals surface area contributed by atoms with Gasteiger partial charge in [0.05, 0.1) is 66.6 Å². The van der Waals surface area contributed by atoms with E-state index in [0.29, 0.717) is 30.3 Å². The van der Waals surface area contributed by atoms with Gasteiger partial charge in [-0.3, -0.25) is 14.2 Å². The molecule has 2 aliphatic rings. The van der Waals surface area contributed by atoms with Crippen LogP contribution in [0.25, 0.3) is 50.7 Å². The SMILES string of the molecule is CCC(CC)(c1ccc(-n2c(-c3ccc(-c4cnc([C@@H]5CCCN5C(=O)[C@@H](NC(=O)OC)C(C)C)[nH]4)cc3)ccc2-c2ccc(-c3cnc([C@@H]4CCCN4C(=O)[C@@H](NC(=O)OC)C(C)C)[nH]3)cc2)cc1)P(=O)(O)O. The van der Waals surface area contributed by atoms with Crippen molar-refractivity contribution in [1.29, 1.82) is 0 Å². The standard InChI is InChI=1S/C55H68N9O9P/c1-9-55(10-2,74(69,70)71)39-23-25-40(26-24-39)64-43(37-19-15-35(16-20-37)41-31-56-49(58-41)45-13-11-29-62(45)51(65)47(33(3)4)60-53(67)72-7)27-28-44(64)38-21-17-36(18-22-38)42-32-57-50(59-42)46-14-12-30-63(46)52(66)48(34(5)6)61-54(68)73-8/h15-28,31-34,45-48H,9-14,29-30H2,1-8H3,(H,56,58)(H,57,59)(H,60,67)(H,61,68)(H2,69,70,71)/t45-,46-,47-,48-/m0/s1. The Morgan fingerprint density at radius 1 is 0.649 bits per heavy atom. The molecule has 0 unspecified atom stereocenters. The maximum Gasteiger partial charge on any atom is 0.407 e. The Balaban J connectivity index is 1.08. The summed E-state index contributed by atoms with van der Waals surface area (Å²) in [6.07, 6.45) is 5.85. The molecule has 3 aromatic carbocycles. The fraction of sp³-hybridized carbons (Fsp3) is 0.418. The molecule has 6 aromatic rings. The van der Waals surface area contributed by atoms with Crippen LogP contribution in [-0.4, -0.2) is 107 Å². The fourth-order valence-electron chi connectivity index (χ4n) is 10.7. The normalized spacial score (nSPS) is 16.9. The summed E-state index contributed by atoms with van der Waals surface area (Å²) in [5.41, 5.74) is 8.35. The van der Waals surface area contributed by atoms with Gasteiger partial charge in [-0.15, -0.1) is 0 Å². The minimum Gasteiger partial charge on any atom is -0.453 e. The number of imidazole rings is 2. The molecule has 74 heavy (non-hydrogen) atoms. The lowest BCUT2D eigenvalue weighted by Gasteiger charge is -2.33. The molecule has 2 aliphatic heterocycles. The molecule has 0 radical (unpaired) electrons. The van der Waals surface area contributed by atoms with Crippen molar-refractivity contribution in [3.63, 3.8) is 0 Å². The highest BCUT2D eigenvalue weighted by Crippen LogP contribution is 2.61. The van der Waals surface area contributed by atoms with E-state index in [-0.39, 0.29) is 48.6 Å². The van der Waals surface area contributed by atoms with E-state index in [9.17, 15) is 33.5 Å². The zero-order chi connectivity index (χ0) is 53.1. The average molecular weight is 1030 g/mol. The number of likely N-dealkylation sites (tertiary alicyclic amines) is 2. The van der Waals surface area contributed by atoms with Gasteiger partial charge in [-0.1, -0.05) is 102 Å². The van der Waals surface area contributed by atoms with E-state index in [1.54, 1.807) is 36.0 Å². The number of nitrogens with zero attached hydrogens (tertiary/aromatic N) is 5. The molecule has 18 nitrogen and oxygen atoms in total. The van der Waals surface area contributed by atoms with E-state index >= 15 is 0 Å². The van der Waals surface area contributed by atoms with Gasteiger partial charge < -0.3 is 54.2 Å². The first-order chi connectivity index (χ1) is 35.4. The molecule has 2 fully saturated rings. The second-order valence-corrected chi connectivity index (χ2v) is 21.8. The third-order valence-corrected chi connectivity index (χ3v) is 16.9. The molecule has 4 amide bonds. The molecular weight excluding hydrogens is 962 g/mol. The molecule has 19 heteroatoms. The van der Waals surface area contributed by atoms with Crippen LogP contribution in [0.1, 0.15) is 109 Å². The molecule has 392 valence electrons. The predicted octanol–water partition coefficient (Wildman–Crippen LogP) is 9.87. The monoisotopic (exact) mass is 1030 g/mol. The number of ether oxygens (including phenoxy) is 2. The number of hydrogen-bond acceptors (Lipinski definition) is 9. The quantitative estimate of drug-likeness (QED) is 0.0470. The van der Waals surface area contributed by atoms with E-state index < -0.39 is 37.0 Å². The Kier molecular flexibility index (Phi) is 16.0. The Morgan fingerprint density at radius 2 is 1.04 bits per heavy atom. The number of alkyl carbamates (subject to hydrolysis) is 2. The highest BCUT2D eigenvalue weighted by Gasteiger charge is 2.45. The van der Waals surface area contributed by atoms with Crippen molar-refractivity contribution in [2.75, 3.05) is 27.3 Å². The Hall–Kier alpha value is -7.01. The van der Waals surface area contributed by atoms with Crippen molar-refractivity contribution in [2.45, 2.75) is 109 Å². The zero-order valence-electron chi connectivity index (χ0n) is 43.3. The second-order valence-electron chi connectivity index (χ2n) is 19.9. The van der Waals surface area contributed by atoms with Crippen molar-refractivity contribution < 1.29 is 43.0 Å². The molecule has 0 saturated carbocycles. The number of aromatic nitrogens is 5. The van der Waals surface area contributed by atoms with Gasteiger partial charge in [0.2, 0.25) is 11.8 Å². The van der Waals surface area contributed by atoms with Crippen LogP contribution >= 0.6 is 7.60 Å². The summed E-state index contributed by atoms with van der Waals surface area (Å²) in [5.74, 6) is 0.682. The van der Waals surface area contributed by atoms with Crippen molar-refractivity contribution in [2.24, 2.45) is 11.8 Å². The van der Waals surface area contributed by atoms with E-state index in [1.165, 1.54) is 14.2 Å². The molecule has 3 aromatic heterocycles. The number of amides is 4. The van der Waals surface area contributed by atoms with Gasteiger partial charge in [-0.05, 0) is 102 Å². The predicted molar refractivity (Wildman–Crippen MR) is 282 cm³/mol. The number of H-pyrrole nitrogens is 2. The lowest BCUT2D eigenvalue weighted by atomic mass is 9.92. The van der Waals surface area contributed by atoms with Crippen LogP contribution in [0.2, 0.25) is 0 Å². The maximum absolute atomic E-state index is 13.8. The third-order valence-electron chi connectivity index (χ3n) is 14.9. The highest BCUT2D eigenvalue weighted by atomic mass is 31.2. The van der Waals surface area contributed by atoms with E-state index in [4.69, 9.17) is 19.4 Å². The number of benzene rings is 3. The molecule has 4 atom stereocenters. The van der Waals surface area contributed by atoms with Crippen LogP contribution in [0.4, 0.5) is 9.59 Å². The van der Waals surface area contributed by atoms with Gasteiger partial charge in [0.15, 0.2) is 0 Å². The van der Waals surface area contributed by atoms with Gasteiger partial charge in [0.25, 0.3) is 0 Å². The van der Waals surface area contributed by atoms with Crippen molar-refractivity contribution in [3.8, 4) is 50.7 Å². The van der Waals surface area contributed by atoms with Gasteiger partial charge in [0, 0.05) is 18.8 Å². The second kappa shape index (κ2) is 22.2. The molecule has 0 spiro atoms. The fourth-order valence-corrected chi connectivity index (χ4v) is 12.0. The Morgan fingerprint density at radius 3 is 1.39 bits per heavy atom. The summed E-state index contributed by atoms with van der Waals surface area (Å²) in [7, 11) is -1.97. The number of carbonyl (C=O) groups excluding carboxylic acids is 4. The van der Waals surface area contributed by atoms with Crippen LogP contribution in [0.15, 0.2) is 97.3 Å². The first-order valence-corrected chi connectivity index (χ1v) is 27.0. The summed E-state index contributed by atoms with van der Waals surface area (Å²) in [5, 5.41) is 4.09. The lowest BCUT2D eigenvalue weighted by Crippen LogP contribution is -2.51. The number of methoxy groups -OCH3 is 2.